The molecule has 1 saturated heterocycles. The summed E-state index contributed by atoms with van der Waals surface area (Å²) in [6.07, 6.45) is 3.61. The van der Waals surface area contributed by atoms with Gasteiger partial charge in [-0.2, -0.15) is 0 Å². The second kappa shape index (κ2) is 5.20. The number of nitrogens with zero attached hydrogens (tertiary/aromatic N) is 1. The SMILES string of the molecule is CC(C)OCCC1CN(C(=O)C2(C(C)C)CC2)C1. The first-order chi connectivity index (χ1) is 8.45. The number of hydrogen-bond donors (Lipinski definition) is 0. The molecule has 0 N–H and O–H groups in total. The Morgan fingerprint density at radius 3 is 2.33 bits per heavy atom. The van der Waals surface area contributed by atoms with Gasteiger partial charge in [0.2, 0.25) is 5.91 Å². The minimum Gasteiger partial charge on any atom is -0.379 e. The van der Waals surface area contributed by atoms with Crippen LogP contribution in [0.5, 0.6) is 0 Å². The first-order valence-corrected chi connectivity index (χ1v) is 7.36. The van der Waals surface area contributed by atoms with Crippen molar-refractivity contribution in [3.05, 3.63) is 0 Å². The summed E-state index contributed by atoms with van der Waals surface area (Å²) in [5, 5.41) is 0. The molecular formula is C15H27NO2. The second-order valence-corrected chi connectivity index (χ2v) is 6.60. The van der Waals surface area contributed by atoms with Crippen LogP contribution in [0.2, 0.25) is 0 Å². The largest absolute Gasteiger partial charge is 0.379 e. The van der Waals surface area contributed by atoms with Crippen molar-refractivity contribution in [3.63, 3.8) is 0 Å². The van der Waals surface area contributed by atoms with Gasteiger partial charge in [-0.1, -0.05) is 13.8 Å². The van der Waals surface area contributed by atoms with Gasteiger partial charge >= 0.3 is 0 Å². The molecule has 0 spiro atoms. The molecule has 0 unspecified atom stereocenters. The standard InChI is InChI=1S/C15H27NO2/c1-11(2)15(6-7-15)14(17)16-9-13(10-16)5-8-18-12(3)4/h11-13H,5-10H2,1-4H3. The molecule has 3 nitrogen and oxygen atoms in total. The number of likely N-dealkylation sites (tertiary alicyclic amines) is 1. The average molecular weight is 253 g/mol. The Morgan fingerprint density at radius 1 is 1.28 bits per heavy atom. The van der Waals surface area contributed by atoms with E-state index in [9.17, 15) is 4.79 Å². The Hall–Kier alpha value is -0.570. The highest BCUT2D eigenvalue weighted by molar-refractivity contribution is 5.86. The van der Waals surface area contributed by atoms with E-state index in [4.69, 9.17) is 4.74 Å². The maximum absolute atomic E-state index is 12.4. The van der Waals surface area contributed by atoms with Crippen LogP contribution in [0.3, 0.4) is 0 Å². The molecule has 0 bridgehead atoms. The van der Waals surface area contributed by atoms with Crippen LogP contribution in [0.4, 0.5) is 0 Å². The molecule has 1 aliphatic heterocycles. The van der Waals surface area contributed by atoms with Crippen molar-refractivity contribution < 1.29 is 9.53 Å². The lowest BCUT2D eigenvalue weighted by Crippen LogP contribution is -2.53. The van der Waals surface area contributed by atoms with Crippen molar-refractivity contribution in [2.45, 2.75) is 53.1 Å². The van der Waals surface area contributed by atoms with Crippen molar-refractivity contribution in [2.75, 3.05) is 19.7 Å². The van der Waals surface area contributed by atoms with Crippen LogP contribution in [-0.2, 0) is 9.53 Å². The van der Waals surface area contributed by atoms with E-state index in [-0.39, 0.29) is 5.41 Å². The zero-order valence-corrected chi connectivity index (χ0v) is 12.2. The molecule has 0 radical (unpaired) electrons. The zero-order valence-electron chi connectivity index (χ0n) is 12.2. The fourth-order valence-electron chi connectivity index (χ4n) is 2.88. The third-order valence-corrected chi connectivity index (χ3v) is 4.54. The number of hydrogen-bond acceptors (Lipinski definition) is 2. The van der Waals surface area contributed by atoms with Gasteiger partial charge in [0.1, 0.15) is 0 Å². The van der Waals surface area contributed by atoms with Crippen molar-refractivity contribution in [1.82, 2.24) is 4.90 Å². The first-order valence-electron chi connectivity index (χ1n) is 7.36. The summed E-state index contributed by atoms with van der Waals surface area (Å²) in [5.41, 5.74) is 0.0133. The van der Waals surface area contributed by atoms with Crippen LogP contribution >= 0.6 is 0 Å². The minimum atomic E-state index is 0.0133. The van der Waals surface area contributed by atoms with Crippen LogP contribution in [0.15, 0.2) is 0 Å². The van der Waals surface area contributed by atoms with E-state index in [1.54, 1.807) is 0 Å². The molecule has 18 heavy (non-hydrogen) atoms. The van der Waals surface area contributed by atoms with Gasteiger partial charge in [-0.3, -0.25) is 4.79 Å². The van der Waals surface area contributed by atoms with Gasteiger partial charge in [-0.05, 0) is 44.9 Å². The maximum atomic E-state index is 12.4. The average Bonchev–Trinajstić information content (AvgIpc) is 3.00. The number of rotatable bonds is 6. The molecule has 2 rings (SSSR count). The molecule has 0 aromatic carbocycles. The van der Waals surface area contributed by atoms with Crippen molar-refractivity contribution >= 4 is 5.91 Å². The molecule has 3 heteroatoms. The lowest BCUT2D eigenvalue weighted by molar-refractivity contribution is -0.145. The quantitative estimate of drug-likeness (QED) is 0.728. The molecule has 104 valence electrons. The molecular weight excluding hydrogens is 226 g/mol. The van der Waals surface area contributed by atoms with Crippen LogP contribution in [0.25, 0.3) is 0 Å². The monoisotopic (exact) mass is 253 g/mol. The van der Waals surface area contributed by atoms with Crippen LogP contribution < -0.4 is 0 Å². The molecule has 1 heterocycles. The Balaban J connectivity index is 1.68. The fourth-order valence-corrected chi connectivity index (χ4v) is 2.88. The smallest absolute Gasteiger partial charge is 0.229 e. The van der Waals surface area contributed by atoms with Crippen LogP contribution in [-0.4, -0.2) is 36.6 Å². The number of amides is 1. The lowest BCUT2D eigenvalue weighted by atomic mass is 9.87. The van der Waals surface area contributed by atoms with E-state index < -0.39 is 0 Å². The molecule has 0 aromatic rings. The van der Waals surface area contributed by atoms with E-state index in [1.165, 1.54) is 0 Å². The van der Waals surface area contributed by atoms with Crippen molar-refractivity contribution in [3.8, 4) is 0 Å². The Kier molecular flexibility index (Phi) is 4.00. The third-order valence-electron chi connectivity index (χ3n) is 4.54. The summed E-state index contributed by atoms with van der Waals surface area (Å²) in [6.45, 7) is 11.2. The summed E-state index contributed by atoms with van der Waals surface area (Å²) in [7, 11) is 0. The summed E-state index contributed by atoms with van der Waals surface area (Å²) < 4.78 is 5.56. The highest BCUT2D eigenvalue weighted by Gasteiger charge is 2.55. The van der Waals surface area contributed by atoms with Gasteiger partial charge in [-0.15, -0.1) is 0 Å². The van der Waals surface area contributed by atoms with E-state index in [2.05, 4.69) is 32.6 Å². The van der Waals surface area contributed by atoms with E-state index >= 15 is 0 Å². The van der Waals surface area contributed by atoms with Gasteiger partial charge in [0.25, 0.3) is 0 Å². The Labute approximate surface area is 111 Å². The minimum absolute atomic E-state index is 0.0133. The number of carbonyl (C=O) groups is 1. The maximum Gasteiger partial charge on any atom is 0.229 e. The topological polar surface area (TPSA) is 29.5 Å². The Bertz CT molecular complexity index is 302. The van der Waals surface area contributed by atoms with E-state index in [0.29, 0.717) is 23.8 Å². The summed E-state index contributed by atoms with van der Waals surface area (Å²) in [4.78, 5) is 14.4. The lowest BCUT2D eigenvalue weighted by Gasteiger charge is -2.42. The van der Waals surface area contributed by atoms with E-state index in [1.807, 2.05) is 0 Å². The van der Waals surface area contributed by atoms with Crippen LogP contribution in [0, 0.1) is 17.3 Å². The predicted octanol–water partition coefficient (Wildman–Crippen LogP) is 2.70. The number of carbonyl (C=O) groups excluding carboxylic acids is 1. The molecule has 0 aromatic heterocycles. The molecule has 2 aliphatic rings. The predicted molar refractivity (Wildman–Crippen MR) is 72.3 cm³/mol. The van der Waals surface area contributed by atoms with Gasteiger partial charge in [0.15, 0.2) is 0 Å². The van der Waals surface area contributed by atoms with Crippen LogP contribution in [0.1, 0.15) is 47.0 Å². The second-order valence-electron chi connectivity index (χ2n) is 6.60. The van der Waals surface area contributed by atoms with Gasteiger partial charge in [-0.25, -0.2) is 0 Å². The fraction of sp³-hybridized carbons (Fsp3) is 0.933. The highest BCUT2D eigenvalue weighted by atomic mass is 16.5. The molecule has 2 fully saturated rings. The van der Waals surface area contributed by atoms with Gasteiger partial charge < -0.3 is 9.64 Å². The van der Waals surface area contributed by atoms with Crippen molar-refractivity contribution in [1.29, 1.82) is 0 Å². The third kappa shape index (κ3) is 2.71. The van der Waals surface area contributed by atoms with E-state index in [0.717, 1.165) is 39.0 Å². The summed E-state index contributed by atoms with van der Waals surface area (Å²) >= 11 is 0. The molecule has 0 atom stereocenters. The molecule has 1 saturated carbocycles. The normalized spacial score (nSPS) is 22.4. The summed E-state index contributed by atoms with van der Waals surface area (Å²) in [6, 6.07) is 0. The van der Waals surface area contributed by atoms with Crippen molar-refractivity contribution in [2.24, 2.45) is 17.3 Å². The molecule has 1 aliphatic carbocycles. The highest BCUT2D eigenvalue weighted by Crippen LogP contribution is 2.53. The summed E-state index contributed by atoms with van der Waals surface area (Å²) in [5.74, 6) is 1.57. The van der Waals surface area contributed by atoms with Gasteiger partial charge in [0.05, 0.1) is 11.5 Å². The Morgan fingerprint density at radius 2 is 1.89 bits per heavy atom. The van der Waals surface area contributed by atoms with Gasteiger partial charge in [0, 0.05) is 19.7 Å². The molecule has 1 amide bonds. The first kappa shape index (κ1) is 13.9. The zero-order chi connectivity index (χ0) is 13.3. The number of ether oxygens (including phenoxy) is 1.